The number of para-hydroxylation sites is 2. The number of hydrogen-bond donors (Lipinski definition) is 0. The van der Waals surface area contributed by atoms with Crippen molar-refractivity contribution in [2.75, 3.05) is 0 Å². The van der Waals surface area contributed by atoms with Crippen LogP contribution in [0.5, 0.6) is 0 Å². The molecule has 0 spiro atoms. The van der Waals surface area contributed by atoms with Gasteiger partial charge in [-0.2, -0.15) is 0 Å². The third-order valence-corrected chi connectivity index (χ3v) is 10.8. The van der Waals surface area contributed by atoms with Crippen LogP contribution in [0, 0.1) is 0 Å². The minimum absolute atomic E-state index is 0.890. The first-order valence-electron chi connectivity index (χ1n) is 17.8. The van der Waals surface area contributed by atoms with E-state index in [1.807, 2.05) is 0 Å². The Bertz CT molecular complexity index is 3110. The van der Waals surface area contributed by atoms with Crippen molar-refractivity contribution in [2.24, 2.45) is 0 Å². The molecule has 0 aliphatic rings. The summed E-state index contributed by atoms with van der Waals surface area (Å²) in [6.45, 7) is 0. The van der Waals surface area contributed by atoms with Crippen molar-refractivity contribution in [3.63, 3.8) is 0 Å². The van der Waals surface area contributed by atoms with Gasteiger partial charge >= 0.3 is 0 Å². The van der Waals surface area contributed by atoms with E-state index in [1.165, 1.54) is 65.7 Å². The standard InChI is InChI=1S/C50H31NO/c1-2-14-38(15-3-1)51-45-21-11-10-20-43(45)50-49(51)44-31-37(28-29-46(44)52-50)48-41-18-8-6-16-39(41)47(40-17-7-9-19-42(40)48)34-25-22-33(23-26-34)36-27-24-32-12-4-5-13-35(32)30-36/h1-31H. The lowest BCUT2D eigenvalue weighted by Gasteiger charge is -2.18. The maximum Gasteiger partial charge on any atom is 0.161 e. The van der Waals surface area contributed by atoms with E-state index < -0.39 is 0 Å². The predicted molar refractivity (Wildman–Crippen MR) is 219 cm³/mol. The molecule has 0 N–H and O–H groups in total. The molecule has 0 radical (unpaired) electrons. The smallest absolute Gasteiger partial charge is 0.161 e. The van der Waals surface area contributed by atoms with Gasteiger partial charge in [-0.05, 0) is 108 Å². The molecule has 2 aromatic heterocycles. The van der Waals surface area contributed by atoms with Gasteiger partial charge in [0.05, 0.1) is 5.52 Å². The summed E-state index contributed by atoms with van der Waals surface area (Å²) in [6, 6.07) is 68.0. The van der Waals surface area contributed by atoms with Crippen molar-refractivity contribution in [1.29, 1.82) is 0 Å². The lowest BCUT2D eigenvalue weighted by atomic mass is 9.85. The summed E-state index contributed by atoms with van der Waals surface area (Å²) in [5, 5.41) is 9.69. The Morgan fingerprint density at radius 2 is 0.885 bits per heavy atom. The second-order valence-electron chi connectivity index (χ2n) is 13.7. The first kappa shape index (κ1) is 28.9. The van der Waals surface area contributed by atoms with Crippen LogP contribution in [0.4, 0.5) is 0 Å². The van der Waals surface area contributed by atoms with Crippen LogP contribution < -0.4 is 0 Å². The van der Waals surface area contributed by atoms with Crippen LogP contribution in [0.2, 0.25) is 0 Å². The fourth-order valence-electron chi connectivity index (χ4n) is 8.42. The van der Waals surface area contributed by atoms with Gasteiger partial charge in [-0.1, -0.05) is 146 Å². The maximum absolute atomic E-state index is 6.65. The second kappa shape index (κ2) is 11.3. The molecule has 2 nitrogen and oxygen atoms in total. The van der Waals surface area contributed by atoms with Gasteiger partial charge in [-0.15, -0.1) is 0 Å². The Kier molecular flexibility index (Phi) is 6.28. The molecule has 242 valence electrons. The Morgan fingerprint density at radius 3 is 1.60 bits per heavy atom. The lowest BCUT2D eigenvalue weighted by Crippen LogP contribution is -1.93. The van der Waals surface area contributed by atoms with E-state index in [4.69, 9.17) is 4.42 Å². The third-order valence-electron chi connectivity index (χ3n) is 10.8. The molecule has 0 aliphatic heterocycles. The molecule has 0 fully saturated rings. The Labute approximate surface area is 300 Å². The molecule has 0 amide bonds. The summed E-state index contributed by atoms with van der Waals surface area (Å²) in [7, 11) is 0. The van der Waals surface area contributed by atoms with Gasteiger partial charge in [-0.25, -0.2) is 0 Å². The zero-order chi connectivity index (χ0) is 34.2. The Balaban J connectivity index is 1.13. The number of rotatable bonds is 4. The molecule has 0 aliphatic carbocycles. The topological polar surface area (TPSA) is 18.1 Å². The summed E-state index contributed by atoms with van der Waals surface area (Å²) in [5.74, 6) is 0. The maximum atomic E-state index is 6.65. The Hall–Kier alpha value is -6.90. The quantitative estimate of drug-likeness (QED) is 0.172. The van der Waals surface area contributed by atoms with E-state index in [0.717, 1.165) is 38.7 Å². The first-order valence-corrected chi connectivity index (χ1v) is 17.8. The largest absolute Gasteiger partial charge is 0.454 e. The third kappa shape index (κ3) is 4.31. The van der Waals surface area contributed by atoms with Gasteiger partial charge in [0.25, 0.3) is 0 Å². The lowest BCUT2D eigenvalue weighted by molar-refractivity contribution is 0.673. The molecular formula is C50H31NO. The molecular weight excluding hydrogens is 631 g/mol. The van der Waals surface area contributed by atoms with Crippen molar-refractivity contribution in [2.45, 2.75) is 0 Å². The molecule has 2 heterocycles. The minimum Gasteiger partial charge on any atom is -0.454 e. The molecule has 0 atom stereocenters. The van der Waals surface area contributed by atoms with Gasteiger partial charge < -0.3 is 8.98 Å². The van der Waals surface area contributed by atoms with E-state index in [0.29, 0.717) is 0 Å². The molecule has 0 unspecified atom stereocenters. The van der Waals surface area contributed by atoms with Crippen molar-refractivity contribution in [3.8, 4) is 39.1 Å². The normalized spacial score (nSPS) is 11.8. The highest BCUT2D eigenvalue weighted by molar-refractivity contribution is 6.23. The summed E-state index contributed by atoms with van der Waals surface area (Å²) < 4.78 is 9.00. The number of benzene rings is 9. The van der Waals surface area contributed by atoms with Crippen molar-refractivity contribution in [1.82, 2.24) is 4.57 Å². The summed E-state index contributed by atoms with van der Waals surface area (Å²) >= 11 is 0. The number of fused-ring (bicyclic) bond motifs is 8. The Morgan fingerprint density at radius 1 is 0.346 bits per heavy atom. The SMILES string of the molecule is c1ccc(-n2c3ccccc3c3oc4ccc(-c5c6ccccc6c(-c6ccc(-c7ccc8ccccc8c7)cc6)c6ccccc56)cc4c32)cc1. The highest BCUT2D eigenvalue weighted by Crippen LogP contribution is 2.46. The van der Waals surface area contributed by atoms with Gasteiger partial charge in [0, 0.05) is 16.5 Å². The number of furan rings is 1. The van der Waals surface area contributed by atoms with E-state index >= 15 is 0 Å². The van der Waals surface area contributed by atoms with Gasteiger partial charge in [0.1, 0.15) is 11.1 Å². The second-order valence-corrected chi connectivity index (χ2v) is 13.7. The summed E-state index contributed by atoms with van der Waals surface area (Å²) in [5.41, 5.74) is 12.5. The van der Waals surface area contributed by atoms with Crippen LogP contribution in [0.1, 0.15) is 0 Å². The molecule has 52 heavy (non-hydrogen) atoms. The van der Waals surface area contributed by atoms with E-state index in [-0.39, 0.29) is 0 Å². The van der Waals surface area contributed by atoms with E-state index in [9.17, 15) is 0 Å². The fraction of sp³-hybridized carbons (Fsp3) is 0. The summed E-state index contributed by atoms with van der Waals surface area (Å²) in [4.78, 5) is 0. The van der Waals surface area contributed by atoms with E-state index in [1.54, 1.807) is 0 Å². The molecule has 9 aromatic carbocycles. The average molecular weight is 662 g/mol. The number of hydrogen-bond acceptors (Lipinski definition) is 1. The zero-order valence-electron chi connectivity index (χ0n) is 28.3. The minimum atomic E-state index is 0.890. The van der Waals surface area contributed by atoms with Gasteiger partial charge in [0.15, 0.2) is 5.58 Å². The summed E-state index contributed by atoms with van der Waals surface area (Å²) in [6.07, 6.45) is 0. The van der Waals surface area contributed by atoms with Crippen LogP contribution in [0.3, 0.4) is 0 Å². The highest BCUT2D eigenvalue weighted by atomic mass is 16.3. The number of nitrogens with zero attached hydrogens (tertiary/aromatic N) is 1. The molecule has 0 bridgehead atoms. The highest BCUT2D eigenvalue weighted by Gasteiger charge is 2.21. The van der Waals surface area contributed by atoms with Crippen molar-refractivity contribution >= 4 is 65.3 Å². The van der Waals surface area contributed by atoms with Crippen LogP contribution in [0.25, 0.3) is 104 Å². The molecule has 0 saturated carbocycles. The molecule has 11 rings (SSSR count). The van der Waals surface area contributed by atoms with Crippen molar-refractivity contribution in [3.05, 3.63) is 188 Å². The van der Waals surface area contributed by atoms with E-state index in [2.05, 4.69) is 193 Å². The van der Waals surface area contributed by atoms with Crippen molar-refractivity contribution < 1.29 is 4.42 Å². The van der Waals surface area contributed by atoms with Crippen LogP contribution >= 0.6 is 0 Å². The molecule has 0 saturated heterocycles. The predicted octanol–water partition coefficient (Wildman–Crippen LogP) is 14.0. The van der Waals surface area contributed by atoms with Crippen LogP contribution in [-0.2, 0) is 0 Å². The number of aromatic nitrogens is 1. The zero-order valence-corrected chi connectivity index (χ0v) is 28.3. The monoisotopic (exact) mass is 661 g/mol. The average Bonchev–Trinajstić information content (AvgIpc) is 3.74. The molecule has 2 heteroatoms. The van der Waals surface area contributed by atoms with Gasteiger partial charge in [-0.3, -0.25) is 0 Å². The van der Waals surface area contributed by atoms with Crippen LogP contribution in [0.15, 0.2) is 192 Å². The van der Waals surface area contributed by atoms with Crippen LogP contribution in [-0.4, -0.2) is 4.57 Å². The fourth-order valence-corrected chi connectivity index (χ4v) is 8.42. The first-order chi connectivity index (χ1) is 25.8. The molecule has 11 aromatic rings. The van der Waals surface area contributed by atoms with Gasteiger partial charge in [0.2, 0.25) is 0 Å².